The molecular weight excluding hydrogens is 320 g/mol. The molecule has 1 atom stereocenters. The molecule has 0 radical (unpaired) electrons. The van der Waals surface area contributed by atoms with E-state index in [1.54, 1.807) is 19.9 Å². The van der Waals surface area contributed by atoms with Crippen molar-refractivity contribution in [3.63, 3.8) is 0 Å². The predicted molar refractivity (Wildman–Crippen MR) is 81.3 cm³/mol. The van der Waals surface area contributed by atoms with E-state index >= 15 is 0 Å². The van der Waals surface area contributed by atoms with Crippen LogP contribution in [0.25, 0.3) is 0 Å². The van der Waals surface area contributed by atoms with Crippen molar-refractivity contribution in [1.29, 1.82) is 0 Å². The zero-order chi connectivity index (χ0) is 18.1. The highest BCUT2D eigenvalue weighted by atomic mass is 16.7. The fourth-order valence-corrected chi connectivity index (χ4v) is 1.70. The Morgan fingerprint density at radius 1 is 1.04 bits per heavy atom. The minimum atomic E-state index is -0.954. The molecule has 1 aromatic carbocycles. The summed E-state index contributed by atoms with van der Waals surface area (Å²) in [6, 6.07) is 3.78. The Balaban J connectivity index is 3.02. The van der Waals surface area contributed by atoms with Crippen molar-refractivity contribution in [1.82, 2.24) is 0 Å². The van der Waals surface area contributed by atoms with Crippen molar-refractivity contribution < 1.29 is 39.1 Å². The van der Waals surface area contributed by atoms with Crippen LogP contribution in [0.1, 0.15) is 19.4 Å². The number of quaternary nitrogens is 1. The first-order valence-corrected chi connectivity index (χ1v) is 7.31. The molecule has 24 heavy (non-hydrogen) atoms. The molecule has 9 heteroatoms. The fraction of sp³-hybridized carbons (Fsp3) is 0.400. The van der Waals surface area contributed by atoms with Gasteiger partial charge in [-0.15, -0.1) is 0 Å². The van der Waals surface area contributed by atoms with Crippen LogP contribution in [0, 0.1) is 0 Å². The van der Waals surface area contributed by atoms with Crippen LogP contribution in [-0.4, -0.2) is 37.5 Å². The Morgan fingerprint density at radius 3 is 2.08 bits per heavy atom. The Morgan fingerprint density at radius 2 is 1.58 bits per heavy atom. The van der Waals surface area contributed by atoms with Crippen LogP contribution in [0.4, 0.5) is 9.59 Å². The molecule has 132 valence electrons. The summed E-state index contributed by atoms with van der Waals surface area (Å²) in [4.78, 5) is 34.1. The predicted octanol–water partition coefficient (Wildman–Crippen LogP) is 0.396. The van der Waals surface area contributed by atoms with E-state index in [2.05, 4.69) is 10.5 Å². The van der Waals surface area contributed by atoms with E-state index in [-0.39, 0.29) is 31.1 Å². The monoisotopic (exact) mass is 341 g/mol. The number of rotatable bonds is 7. The van der Waals surface area contributed by atoms with Crippen LogP contribution < -0.4 is 20.9 Å². The molecule has 1 rings (SSSR count). The third-order valence-electron chi connectivity index (χ3n) is 2.80. The molecule has 0 bridgehead atoms. The average molecular weight is 341 g/mol. The molecule has 0 unspecified atom stereocenters. The number of nitrogens with two attached hydrogens (primary N) is 1. The number of carbonyl (C=O) groups is 3. The molecule has 0 aliphatic rings. The Kier molecular flexibility index (Phi) is 7.50. The molecule has 9 nitrogen and oxygen atoms in total. The van der Waals surface area contributed by atoms with Gasteiger partial charge in [0.1, 0.15) is 0 Å². The Labute approximate surface area is 138 Å². The second-order valence-electron chi connectivity index (χ2n) is 4.65. The largest absolute Gasteiger partial charge is 0.513 e. The third-order valence-corrected chi connectivity index (χ3v) is 2.80. The number of hydrogen-bond donors (Lipinski definition) is 2. The highest BCUT2D eigenvalue weighted by Gasteiger charge is 2.19. The van der Waals surface area contributed by atoms with Crippen molar-refractivity contribution in [3.05, 3.63) is 23.8 Å². The van der Waals surface area contributed by atoms with Gasteiger partial charge in [-0.1, -0.05) is 6.07 Å². The van der Waals surface area contributed by atoms with Crippen LogP contribution in [0.2, 0.25) is 0 Å². The van der Waals surface area contributed by atoms with Gasteiger partial charge in [0.25, 0.3) is 5.91 Å². The maximum absolute atomic E-state index is 11.5. The van der Waals surface area contributed by atoms with Gasteiger partial charge >= 0.3 is 12.3 Å². The average Bonchev–Trinajstić information content (AvgIpc) is 2.50. The summed E-state index contributed by atoms with van der Waals surface area (Å²) < 4.78 is 19.4. The molecule has 0 fully saturated rings. The molecule has 0 heterocycles. The second kappa shape index (κ2) is 9.36. The van der Waals surface area contributed by atoms with Crippen molar-refractivity contribution in [2.75, 3.05) is 13.2 Å². The highest BCUT2D eigenvalue weighted by Crippen LogP contribution is 2.29. The van der Waals surface area contributed by atoms with E-state index in [1.807, 2.05) is 0 Å². The fourth-order valence-electron chi connectivity index (χ4n) is 1.70. The van der Waals surface area contributed by atoms with Crippen LogP contribution in [-0.2, 0) is 20.7 Å². The Hall–Kier alpha value is -2.81. The van der Waals surface area contributed by atoms with Gasteiger partial charge in [-0.3, -0.25) is 4.79 Å². The number of carbonyl (C=O) groups excluding carboxylic acids is 3. The minimum absolute atomic E-state index is 0.0232. The molecular formula is C15H21N2O7+. The summed E-state index contributed by atoms with van der Waals surface area (Å²) in [6.07, 6.45) is -1.66. The lowest BCUT2D eigenvalue weighted by Crippen LogP contribution is -2.67. The molecule has 1 amide bonds. The topological polar surface area (TPSA) is 142 Å². The normalized spacial score (nSPS) is 11.3. The van der Waals surface area contributed by atoms with Gasteiger partial charge in [-0.2, -0.15) is 0 Å². The molecule has 0 aliphatic heterocycles. The SMILES string of the molecule is CCOC(=O)Oc1ccc(C[C@H]([NH3+])C(N)=O)cc1OC(=O)OCC. The maximum atomic E-state index is 11.5. The van der Waals surface area contributed by atoms with Gasteiger partial charge in [0, 0.05) is 6.42 Å². The summed E-state index contributed by atoms with van der Waals surface area (Å²) in [6.45, 7) is 3.49. The molecule has 5 N–H and O–H groups in total. The summed E-state index contributed by atoms with van der Waals surface area (Å²) >= 11 is 0. The van der Waals surface area contributed by atoms with Crippen molar-refractivity contribution in [3.8, 4) is 11.5 Å². The first-order chi connectivity index (χ1) is 11.4. The van der Waals surface area contributed by atoms with E-state index < -0.39 is 24.3 Å². The van der Waals surface area contributed by atoms with Crippen LogP contribution in [0.3, 0.4) is 0 Å². The molecule has 0 aliphatic carbocycles. The third kappa shape index (κ3) is 6.13. The zero-order valence-electron chi connectivity index (χ0n) is 13.6. The molecule has 0 spiro atoms. The minimum Gasteiger partial charge on any atom is -0.434 e. The first-order valence-electron chi connectivity index (χ1n) is 7.31. The quantitative estimate of drug-likeness (QED) is 0.539. The summed E-state index contributed by atoms with van der Waals surface area (Å²) in [7, 11) is 0. The van der Waals surface area contributed by atoms with E-state index in [9.17, 15) is 14.4 Å². The van der Waals surface area contributed by atoms with E-state index in [0.717, 1.165) is 0 Å². The van der Waals surface area contributed by atoms with Crippen molar-refractivity contribution >= 4 is 18.2 Å². The van der Waals surface area contributed by atoms with E-state index in [0.29, 0.717) is 5.56 Å². The lowest BCUT2D eigenvalue weighted by Gasteiger charge is -2.12. The van der Waals surface area contributed by atoms with Gasteiger partial charge in [-0.05, 0) is 31.5 Å². The van der Waals surface area contributed by atoms with Gasteiger partial charge in [0.2, 0.25) is 0 Å². The smallest absolute Gasteiger partial charge is 0.434 e. The summed E-state index contributed by atoms with van der Waals surface area (Å²) in [5.41, 5.74) is 9.43. The summed E-state index contributed by atoms with van der Waals surface area (Å²) in [5, 5.41) is 0. The van der Waals surface area contributed by atoms with Crippen LogP contribution in [0.5, 0.6) is 11.5 Å². The lowest BCUT2D eigenvalue weighted by molar-refractivity contribution is -0.402. The van der Waals surface area contributed by atoms with Crippen LogP contribution in [0.15, 0.2) is 18.2 Å². The van der Waals surface area contributed by atoms with Gasteiger partial charge in [0.15, 0.2) is 17.5 Å². The van der Waals surface area contributed by atoms with Crippen LogP contribution >= 0.6 is 0 Å². The zero-order valence-corrected chi connectivity index (χ0v) is 13.6. The molecule has 0 saturated heterocycles. The van der Waals surface area contributed by atoms with E-state index in [4.69, 9.17) is 19.9 Å². The standard InChI is InChI=1S/C15H20N2O7/c1-3-21-14(19)23-11-6-5-9(7-10(16)13(17)18)8-12(11)24-15(20)22-4-2/h5-6,8,10H,3-4,7,16H2,1-2H3,(H2,17,18)/p+1/t10-/m0/s1. The Bertz CT molecular complexity index is 603. The van der Waals surface area contributed by atoms with E-state index in [1.165, 1.54) is 12.1 Å². The first kappa shape index (κ1) is 19.2. The molecule has 0 aromatic heterocycles. The number of benzene rings is 1. The van der Waals surface area contributed by atoms with Gasteiger partial charge < -0.3 is 30.4 Å². The maximum Gasteiger partial charge on any atom is 0.513 e. The highest BCUT2D eigenvalue weighted by molar-refractivity contribution is 5.78. The van der Waals surface area contributed by atoms with Crippen molar-refractivity contribution in [2.24, 2.45) is 5.73 Å². The molecule has 0 saturated carbocycles. The lowest BCUT2D eigenvalue weighted by atomic mass is 10.1. The number of hydrogen-bond acceptors (Lipinski definition) is 7. The number of primary amides is 1. The van der Waals surface area contributed by atoms with Gasteiger partial charge in [0.05, 0.1) is 13.2 Å². The summed E-state index contributed by atoms with van der Waals surface area (Å²) in [5.74, 6) is -0.629. The number of ether oxygens (including phenoxy) is 4. The van der Waals surface area contributed by atoms with Gasteiger partial charge in [-0.25, -0.2) is 9.59 Å². The number of amides is 1. The second-order valence-corrected chi connectivity index (χ2v) is 4.65. The van der Waals surface area contributed by atoms with Crippen molar-refractivity contribution in [2.45, 2.75) is 26.3 Å². The molecule has 1 aromatic rings.